The molecule has 0 fully saturated rings. The van der Waals surface area contributed by atoms with Crippen molar-refractivity contribution in [2.45, 2.75) is 18.9 Å². The van der Waals surface area contributed by atoms with E-state index in [1.54, 1.807) is 13.2 Å². The number of benzene rings is 1. The minimum atomic E-state index is -0.338. The van der Waals surface area contributed by atoms with Crippen LogP contribution in [0.3, 0.4) is 0 Å². The smallest absolute Gasteiger partial charge is 0.179 e. The summed E-state index contributed by atoms with van der Waals surface area (Å²) in [6.07, 6.45) is 1.63. The Bertz CT molecular complexity index is 374. The van der Waals surface area contributed by atoms with Crippen molar-refractivity contribution in [2.24, 2.45) is 5.73 Å². The van der Waals surface area contributed by atoms with Crippen molar-refractivity contribution in [2.75, 3.05) is 7.11 Å². The predicted molar refractivity (Wildman–Crippen MR) is 53.6 cm³/mol. The first-order valence-electron chi connectivity index (χ1n) is 4.69. The molecule has 0 bridgehead atoms. The molecule has 2 N–H and O–H groups in total. The maximum absolute atomic E-state index is 11.7. The first kappa shape index (κ1) is 9.21. The average molecular weight is 191 g/mol. The van der Waals surface area contributed by atoms with Crippen LogP contribution in [0.5, 0.6) is 5.75 Å². The van der Waals surface area contributed by atoms with Gasteiger partial charge in [0.1, 0.15) is 5.75 Å². The summed E-state index contributed by atoms with van der Waals surface area (Å²) in [6, 6.07) is 5.26. The minimum Gasteiger partial charge on any atom is -0.497 e. The van der Waals surface area contributed by atoms with E-state index in [2.05, 4.69) is 0 Å². The number of hydrogen-bond donors (Lipinski definition) is 1. The molecule has 0 saturated heterocycles. The fraction of sp³-hybridized carbons (Fsp3) is 0.364. The summed E-state index contributed by atoms with van der Waals surface area (Å²) >= 11 is 0. The molecule has 2 rings (SSSR count). The van der Waals surface area contributed by atoms with Crippen LogP contribution in [0.25, 0.3) is 0 Å². The zero-order chi connectivity index (χ0) is 10.1. The Morgan fingerprint density at radius 3 is 3.00 bits per heavy atom. The fourth-order valence-electron chi connectivity index (χ4n) is 1.77. The van der Waals surface area contributed by atoms with Gasteiger partial charge in [0.15, 0.2) is 5.78 Å². The van der Waals surface area contributed by atoms with Gasteiger partial charge in [-0.25, -0.2) is 0 Å². The number of fused-ring (bicyclic) bond motifs is 1. The standard InChI is InChI=1S/C11H13NO2/c1-14-8-4-2-7-3-5-10(12)11(13)9(7)6-8/h2,4,6,10H,3,5,12H2,1H3/t10-/m1/s1. The molecule has 1 atom stereocenters. The number of carbonyl (C=O) groups excluding carboxylic acids is 1. The van der Waals surface area contributed by atoms with Crippen LogP contribution in [0.1, 0.15) is 22.3 Å². The van der Waals surface area contributed by atoms with Gasteiger partial charge in [0.25, 0.3) is 0 Å². The third-order valence-electron chi connectivity index (χ3n) is 2.64. The second kappa shape index (κ2) is 3.42. The van der Waals surface area contributed by atoms with E-state index in [1.165, 1.54) is 0 Å². The van der Waals surface area contributed by atoms with Crippen molar-refractivity contribution in [3.05, 3.63) is 29.3 Å². The average Bonchev–Trinajstić information content (AvgIpc) is 2.23. The van der Waals surface area contributed by atoms with Gasteiger partial charge in [0, 0.05) is 5.56 Å². The van der Waals surface area contributed by atoms with Gasteiger partial charge in [-0.15, -0.1) is 0 Å². The minimum absolute atomic E-state index is 0.0325. The van der Waals surface area contributed by atoms with Gasteiger partial charge < -0.3 is 10.5 Å². The molecule has 0 aromatic heterocycles. The van der Waals surface area contributed by atoms with Crippen molar-refractivity contribution >= 4 is 5.78 Å². The molecular weight excluding hydrogens is 178 g/mol. The Hall–Kier alpha value is -1.35. The highest BCUT2D eigenvalue weighted by Crippen LogP contribution is 2.24. The van der Waals surface area contributed by atoms with Gasteiger partial charge in [-0.3, -0.25) is 4.79 Å². The number of ether oxygens (including phenoxy) is 1. The van der Waals surface area contributed by atoms with Crippen LogP contribution >= 0.6 is 0 Å². The number of rotatable bonds is 1. The summed E-state index contributed by atoms with van der Waals surface area (Å²) in [5, 5.41) is 0. The van der Waals surface area contributed by atoms with E-state index < -0.39 is 0 Å². The van der Waals surface area contributed by atoms with Crippen molar-refractivity contribution in [3.8, 4) is 5.75 Å². The number of ketones is 1. The number of carbonyl (C=O) groups is 1. The molecule has 3 nitrogen and oxygen atoms in total. The second-order valence-electron chi connectivity index (χ2n) is 3.53. The molecule has 0 spiro atoms. The number of hydrogen-bond acceptors (Lipinski definition) is 3. The summed E-state index contributed by atoms with van der Waals surface area (Å²) in [4.78, 5) is 11.7. The monoisotopic (exact) mass is 191 g/mol. The molecule has 74 valence electrons. The Morgan fingerprint density at radius 2 is 2.29 bits per heavy atom. The maximum Gasteiger partial charge on any atom is 0.179 e. The topological polar surface area (TPSA) is 52.3 Å². The zero-order valence-electron chi connectivity index (χ0n) is 8.12. The van der Waals surface area contributed by atoms with Gasteiger partial charge in [-0.2, -0.15) is 0 Å². The lowest BCUT2D eigenvalue weighted by Gasteiger charge is -2.20. The third-order valence-corrected chi connectivity index (χ3v) is 2.64. The Labute approximate surface area is 82.9 Å². The molecule has 0 radical (unpaired) electrons. The predicted octanol–water partition coefficient (Wildman–Crippen LogP) is 1.15. The van der Waals surface area contributed by atoms with Crippen molar-refractivity contribution in [3.63, 3.8) is 0 Å². The lowest BCUT2D eigenvalue weighted by Crippen LogP contribution is -2.35. The van der Waals surface area contributed by atoms with E-state index >= 15 is 0 Å². The highest BCUT2D eigenvalue weighted by atomic mass is 16.5. The SMILES string of the molecule is COc1ccc2c(c1)C(=O)[C@H](N)CC2. The Kier molecular flexibility index (Phi) is 2.25. The molecule has 0 saturated carbocycles. The quantitative estimate of drug-likeness (QED) is 0.724. The maximum atomic E-state index is 11.7. The van der Waals surface area contributed by atoms with Crippen LogP contribution < -0.4 is 10.5 Å². The van der Waals surface area contributed by atoms with Crippen LogP contribution in [-0.2, 0) is 6.42 Å². The summed E-state index contributed by atoms with van der Waals surface area (Å²) < 4.78 is 5.07. The number of Topliss-reactive ketones (excluding diaryl/α,β-unsaturated/α-hetero) is 1. The molecule has 1 aromatic rings. The van der Waals surface area contributed by atoms with E-state index in [9.17, 15) is 4.79 Å². The lowest BCUT2D eigenvalue weighted by atomic mass is 9.87. The largest absolute Gasteiger partial charge is 0.497 e. The van der Waals surface area contributed by atoms with E-state index in [4.69, 9.17) is 10.5 Å². The molecule has 1 aromatic carbocycles. The Balaban J connectivity index is 2.46. The van der Waals surface area contributed by atoms with Crippen LogP contribution in [0, 0.1) is 0 Å². The summed E-state index contributed by atoms with van der Waals surface area (Å²) in [5.74, 6) is 0.747. The first-order valence-corrected chi connectivity index (χ1v) is 4.69. The van der Waals surface area contributed by atoms with E-state index in [0.29, 0.717) is 5.75 Å². The number of aryl methyl sites for hydroxylation is 1. The molecule has 3 heteroatoms. The number of methoxy groups -OCH3 is 1. The molecule has 0 unspecified atom stereocenters. The van der Waals surface area contributed by atoms with Crippen molar-refractivity contribution in [1.29, 1.82) is 0 Å². The van der Waals surface area contributed by atoms with Crippen LogP contribution in [-0.4, -0.2) is 18.9 Å². The lowest BCUT2D eigenvalue weighted by molar-refractivity contribution is 0.0948. The second-order valence-corrected chi connectivity index (χ2v) is 3.53. The number of nitrogens with two attached hydrogens (primary N) is 1. The van der Waals surface area contributed by atoms with Gasteiger partial charge in [0.2, 0.25) is 0 Å². The van der Waals surface area contributed by atoms with E-state index in [-0.39, 0.29) is 11.8 Å². The molecular formula is C11H13NO2. The molecule has 0 amide bonds. The van der Waals surface area contributed by atoms with Crippen LogP contribution in [0.2, 0.25) is 0 Å². The van der Waals surface area contributed by atoms with Gasteiger partial charge in [-0.05, 0) is 30.5 Å². The van der Waals surface area contributed by atoms with Crippen molar-refractivity contribution in [1.82, 2.24) is 0 Å². The summed E-state index contributed by atoms with van der Waals surface area (Å²) in [6.45, 7) is 0. The first-order chi connectivity index (χ1) is 6.72. The van der Waals surface area contributed by atoms with Crippen LogP contribution in [0.4, 0.5) is 0 Å². The zero-order valence-corrected chi connectivity index (χ0v) is 8.12. The fourth-order valence-corrected chi connectivity index (χ4v) is 1.77. The molecule has 0 aliphatic heterocycles. The van der Waals surface area contributed by atoms with E-state index in [0.717, 1.165) is 24.0 Å². The highest BCUT2D eigenvalue weighted by molar-refractivity contribution is 6.02. The highest BCUT2D eigenvalue weighted by Gasteiger charge is 2.24. The normalized spacial score (nSPS) is 20.4. The molecule has 1 aliphatic carbocycles. The van der Waals surface area contributed by atoms with Gasteiger partial charge >= 0.3 is 0 Å². The third kappa shape index (κ3) is 1.40. The van der Waals surface area contributed by atoms with Crippen molar-refractivity contribution < 1.29 is 9.53 Å². The van der Waals surface area contributed by atoms with Gasteiger partial charge in [-0.1, -0.05) is 6.07 Å². The summed E-state index contributed by atoms with van der Waals surface area (Å²) in [7, 11) is 1.59. The van der Waals surface area contributed by atoms with Gasteiger partial charge in [0.05, 0.1) is 13.2 Å². The molecule has 1 aliphatic rings. The Morgan fingerprint density at radius 1 is 1.50 bits per heavy atom. The molecule has 14 heavy (non-hydrogen) atoms. The van der Waals surface area contributed by atoms with Crippen LogP contribution in [0.15, 0.2) is 18.2 Å². The molecule has 0 heterocycles. The van der Waals surface area contributed by atoms with E-state index in [1.807, 2.05) is 12.1 Å². The summed E-state index contributed by atoms with van der Waals surface area (Å²) in [5.41, 5.74) is 7.50.